The Kier molecular flexibility index (Phi) is 18.0. The normalized spacial score (nSPS) is 11.4. The number of unbranched alkanes of at least 4 members (excludes halogenated alkanes) is 4. The average molecular weight is 869 g/mol. The highest BCUT2D eigenvalue weighted by Gasteiger charge is 2.16. The lowest BCUT2D eigenvalue weighted by Crippen LogP contribution is -2.19. The SMILES string of the molecule is C=CC(=O)OCOC(CCCOc1ccc2cc(-c3ccc(CCCCC)cc3CC)c(=O)oc2c1)CCCOc1ccc2cc(-c3ccc(CCCCC)cc3CC)c(=O)oc2c1. The van der Waals surface area contributed by atoms with Gasteiger partial charge in [-0.25, -0.2) is 14.4 Å². The number of ether oxygens (including phenoxy) is 4. The minimum absolute atomic E-state index is 0.194. The molecule has 0 amide bonds. The first-order valence-corrected chi connectivity index (χ1v) is 23.3. The van der Waals surface area contributed by atoms with Crippen LogP contribution in [-0.4, -0.2) is 32.1 Å². The minimum Gasteiger partial charge on any atom is -0.493 e. The van der Waals surface area contributed by atoms with E-state index in [0.717, 1.165) is 77.6 Å². The molecule has 9 nitrogen and oxygen atoms in total. The molecule has 6 aromatic rings. The van der Waals surface area contributed by atoms with Gasteiger partial charge >= 0.3 is 17.2 Å². The number of hydrogen-bond acceptors (Lipinski definition) is 9. The molecule has 0 radical (unpaired) electrons. The van der Waals surface area contributed by atoms with Gasteiger partial charge in [0.15, 0.2) is 6.79 Å². The number of esters is 1. The number of rotatable bonds is 26. The van der Waals surface area contributed by atoms with E-state index in [-0.39, 0.29) is 24.1 Å². The van der Waals surface area contributed by atoms with Gasteiger partial charge in [0.2, 0.25) is 0 Å². The fourth-order valence-electron chi connectivity index (χ4n) is 8.17. The third-order valence-electron chi connectivity index (χ3n) is 11.8. The van der Waals surface area contributed by atoms with Crippen molar-refractivity contribution in [3.8, 4) is 33.8 Å². The standard InChI is InChI=1S/C55H64O9/c1-6-11-13-17-38-21-27-47(40(8-3)31-38)49-33-42-23-25-45(35-51(42)63-54(49)57)59-29-15-19-44(61-37-62-53(56)10-5)20-16-30-60-46-26-24-43-34-50(55(58)64-52(43)36-46)48-28-22-39(18-14-12-7-2)32-41(48)9-4/h10,21-28,31-36,44H,5-9,11-20,29-30,37H2,1-4H3. The first-order valence-electron chi connectivity index (χ1n) is 23.3. The summed E-state index contributed by atoms with van der Waals surface area (Å²) in [6, 6.07) is 27.7. The molecule has 0 saturated carbocycles. The lowest BCUT2D eigenvalue weighted by Gasteiger charge is -2.18. The summed E-state index contributed by atoms with van der Waals surface area (Å²) in [5.41, 5.74) is 8.02. The van der Waals surface area contributed by atoms with Crippen LogP contribution in [0.15, 0.2) is 116 Å². The van der Waals surface area contributed by atoms with E-state index in [1.54, 1.807) is 12.1 Å². The Morgan fingerprint density at radius 2 is 1.08 bits per heavy atom. The Hall–Kier alpha value is -5.93. The number of carbonyl (C=O) groups is 1. The summed E-state index contributed by atoms with van der Waals surface area (Å²) in [6.45, 7) is 12.7. The number of hydrogen-bond donors (Lipinski definition) is 0. The second-order valence-electron chi connectivity index (χ2n) is 16.5. The van der Waals surface area contributed by atoms with E-state index in [1.807, 2.05) is 36.4 Å². The maximum atomic E-state index is 13.3. The predicted molar refractivity (Wildman–Crippen MR) is 257 cm³/mol. The van der Waals surface area contributed by atoms with Crippen molar-refractivity contribution >= 4 is 27.9 Å². The molecule has 0 aliphatic rings. The highest BCUT2D eigenvalue weighted by molar-refractivity contribution is 5.85. The van der Waals surface area contributed by atoms with Crippen molar-refractivity contribution in [2.75, 3.05) is 20.0 Å². The molecule has 0 aliphatic carbocycles. The van der Waals surface area contributed by atoms with Crippen molar-refractivity contribution in [2.24, 2.45) is 0 Å². The van der Waals surface area contributed by atoms with Gasteiger partial charge in [0.25, 0.3) is 0 Å². The van der Waals surface area contributed by atoms with E-state index in [0.29, 0.717) is 72.7 Å². The molecular weight excluding hydrogens is 805 g/mol. The number of fused-ring (bicyclic) bond motifs is 2. The summed E-state index contributed by atoms with van der Waals surface area (Å²) in [6.07, 6.45) is 14.3. The number of carbonyl (C=O) groups excluding carboxylic acids is 1. The van der Waals surface area contributed by atoms with Crippen LogP contribution in [0.1, 0.15) is 114 Å². The average Bonchev–Trinajstić information content (AvgIpc) is 3.31. The topological polar surface area (TPSA) is 114 Å². The zero-order valence-corrected chi connectivity index (χ0v) is 38.1. The van der Waals surface area contributed by atoms with Crippen LogP contribution < -0.4 is 20.7 Å². The molecule has 0 saturated heterocycles. The number of benzene rings is 4. The first kappa shape index (κ1) is 47.5. The van der Waals surface area contributed by atoms with Gasteiger partial charge in [-0.1, -0.05) is 96.4 Å². The molecule has 0 spiro atoms. The second kappa shape index (κ2) is 24.2. The first-order chi connectivity index (χ1) is 31.2. The quantitative estimate of drug-likeness (QED) is 0.0173. The van der Waals surface area contributed by atoms with E-state index in [9.17, 15) is 14.4 Å². The van der Waals surface area contributed by atoms with Crippen LogP contribution >= 0.6 is 0 Å². The molecule has 0 atom stereocenters. The van der Waals surface area contributed by atoms with E-state index >= 15 is 0 Å². The Bertz CT molecular complexity index is 2430. The van der Waals surface area contributed by atoms with Crippen molar-refractivity contribution in [2.45, 2.75) is 124 Å². The van der Waals surface area contributed by atoms with Crippen LogP contribution in [0.4, 0.5) is 0 Å². The Balaban J connectivity index is 1.02. The third-order valence-corrected chi connectivity index (χ3v) is 11.8. The summed E-state index contributed by atoms with van der Waals surface area (Å²) in [5.74, 6) is 0.637. The van der Waals surface area contributed by atoms with Crippen LogP contribution in [0, 0.1) is 0 Å². The summed E-state index contributed by atoms with van der Waals surface area (Å²) in [5, 5.41) is 1.64. The van der Waals surface area contributed by atoms with Crippen molar-refractivity contribution in [3.63, 3.8) is 0 Å². The summed E-state index contributed by atoms with van der Waals surface area (Å²) in [7, 11) is 0. The van der Waals surface area contributed by atoms with Crippen LogP contribution in [0.25, 0.3) is 44.2 Å². The zero-order chi connectivity index (χ0) is 45.3. The van der Waals surface area contributed by atoms with Crippen LogP contribution in [0.5, 0.6) is 11.5 Å². The molecule has 0 N–H and O–H groups in total. The smallest absolute Gasteiger partial charge is 0.344 e. The van der Waals surface area contributed by atoms with Gasteiger partial charge < -0.3 is 27.8 Å². The van der Waals surface area contributed by atoms with E-state index in [1.165, 1.54) is 36.8 Å². The largest absolute Gasteiger partial charge is 0.493 e. The van der Waals surface area contributed by atoms with E-state index in [4.69, 9.17) is 27.8 Å². The molecule has 64 heavy (non-hydrogen) atoms. The van der Waals surface area contributed by atoms with Crippen molar-refractivity contribution in [3.05, 3.63) is 141 Å². The van der Waals surface area contributed by atoms with Gasteiger partial charge in [-0.05, 0) is 134 Å². The van der Waals surface area contributed by atoms with Crippen LogP contribution in [0.3, 0.4) is 0 Å². The molecule has 6 rings (SSSR count). The molecular formula is C55H64O9. The van der Waals surface area contributed by atoms with Gasteiger partial charge in [-0.3, -0.25) is 0 Å². The fraction of sp³-hybridized carbons (Fsp3) is 0.400. The lowest BCUT2D eigenvalue weighted by atomic mass is 9.94. The van der Waals surface area contributed by atoms with Gasteiger partial charge in [-0.15, -0.1) is 0 Å². The second-order valence-corrected chi connectivity index (χ2v) is 16.5. The molecule has 0 bridgehead atoms. The van der Waals surface area contributed by atoms with E-state index in [2.05, 4.69) is 70.7 Å². The van der Waals surface area contributed by atoms with Crippen molar-refractivity contribution < 1.29 is 32.6 Å². The monoisotopic (exact) mass is 868 g/mol. The van der Waals surface area contributed by atoms with Crippen LogP contribution in [-0.2, 0) is 40.0 Å². The molecule has 0 fully saturated rings. The minimum atomic E-state index is -0.557. The Morgan fingerprint density at radius 3 is 1.52 bits per heavy atom. The van der Waals surface area contributed by atoms with Gasteiger partial charge in [0.1, 0.15) is 22.7 Å². The van der Waals surface area contributed by atoms with Crippen molar-refractivity contribution in [1.82, 2.24) is 0 Å². The highest BCUT2D eigenvalue weighted by atomic mass is 16.7. The van der Waals surface area contributed by atoms with Gasteiger partial charge in [0.05, 0.1) is 30.4 Å². The van der Waals surface area contributed by atoms with Gasteiger partial charge in [-0.2, -0.15) is 0 Å². The molecule has 0 unspecified atom stereocenters. The zero-order valence-electron chi connectivity index (χ0n) is 38.1. The summed E-state index contributed by atoms with van der Waals surface area (Å²) in [4.78, 5) is 38.2. The summed E-state index contributed by atoms with van der Waals surface area (Å²) < 4.78 is 34.9. The predicted octanol–water partition coefficient (Wildman–Crippen LogP) is 12.9. The van der Waals surface area contributed by atoms with E-state index < -0.39 is 5.97 Å². The molecule has 2 aromatic heterocycles. The van der Waals surface area contributed by atoms with Crippen LogP contribution in [0.2, 0.25) is 0 Å². The fourth-order valence-corrected chi connectivity index (χ4v) is 8.17. The lowest BCUT2D eigenvalue weighted by molar-refractivity contribution is -0.155. The molecule has 338 valence electrons. The highest BCUT2D eigenvalue weighted by Crippen LogP contribution is 2.30. The third kappa shape index (κ3) is 13.1. The molecule has 2 heterocycles. The molecule has 0 aliphatic heterocycles. The van der Waals surface area contributed by atoms with Crippen molar-refractivity contribution in [1.29, 1.82) is 0 Å². The van der Waals surface area contributed by atoms with Gasteiger partial charge in [0, 0.05) is 29.0 Å². The maximum absolute atomic E-state index is 13.3. The Morgan fingerprint density at radius 1 is 0.594 bits per heavy atom. The number of aryl methyl sites for hydroxylation is 4. The Labute approximate surface area is 377 Å². The summed E-state index contributed by atoms with van der Waals surface area (Å²) >= 11 is 0. The molecule has 9 heteroatoms. The molecule has 4 aromatic carbocycles. The maximum Gasteiger partial charge on any atom is 0.344 e.